The van der Waals surface area contributed by atoms with Crippen LogP contribution in [-0.4, -0.2) is 48.4 Å². The van der Waals surface area contributed by atoms with E-state index in [-0.39, 0.29) is 0 Å². The third-order valence-electron chi connectivity index (χ3n) is 3.61. The molecule has 1 aliphatic heterocycles. The molecule has 1 saturated heterocycles. The van der Waals surface area contributed by atoms with Gasteiger partial charge in [0.15, 0.2) is 0 Å². The maximum absolute atomic E-state index is 5.81. The van der Waals surface area contributed by atoms with Crippen molar-refractivity contribution in [2.75, 3.05) is 38.2 Å². The van der Waals surface area contributed by atoms with Gasteiger partial charge < -0.3 is 9.64 Å². The summed E-state index contributed by atoms with van der Waals surface area (Å²) in [7, 11) is 1.69. The summed E-state index contributed by atoms with van der Waals surface area (Å²) < 4.78 is 5.71. The lowest BCUT2D eigenvalue weighted by Crippen LogP contribution is -2.45. The van der Waals surface area contributed by atoms with Gasteiger partial charge in [-0.1, -0.05) is 11.3 Å². The van der Waals surface area contributed by atoms with Crippen molar-refractivity contribution in [1.29, 1.82) is 0 Å². The van der Waals surface area contributed by atoms with Gasteiger partial charge in [0, 0.05) is 31.9 Å². The summed E-state index contributed by atoms with van der Waals surface area (Å²) in [6.45, 7) is 4.89. The molecule has 0 atom stereocenters. The molecule has 3 rings (SSSR count). The van der Waals surface area contributed by atoms with Gasteiger partial charge in [-0.2, -0.15) is 0 Å². The summed E-state index contributed by atoms with van der Waals surface area (Å²) >= 11 is 7.27. The minimum Gasteiger partial charge on any atom is -0.497 e. The fourth-order valence-corrected chi connectivity index (χ4v) is 3.36. The maximum atomic E-state index is 5.81. The van der Waals surface area contributed by atoms with Gasteiger partial charge in [0.25, 0.3) is 0 Å². The third-order valence-corrected chi connectivity index (χ3v) is 4.61. The molecule has 2 heterocycles. The van der Waals surface area contributed by atoms with E-state index in [1.54, 1.807) is 7.11 Å². The zero-order valence-electron chi connectivity index (χ0n) is 11.8. The van der Waals surface area contributed by atoms with Crippen LogP contribution in [0, 0.1) is 0 Å². The molecule has 0 N–H and O–H groups in total. The maximum Gasteiger partial charge on any atom is 0.207 e. The zero-order chi connectivity index (χ0) is 14.7. The molecule has 0 saturated carbocycles. The van der Waals surface area contributed by atoms with Crippen LogP contribution in [0.3, 0.4) is 0 Å². The predicted molar refractivity (Wildman–Crippen MR) is 85.4 cm³/mol. The number of piperazine rings is 1. The quantitative estimate of drug-likeness (QED) is 0.864. The number of hydrogen-bond donors (Lipinski definition) is 0. The van der Waals surface area contributed by atoms with Crippen LogP contribution in [0.2, 0.25) is 4.47 Å². The van der Waals surface area contributed by atoms with Crippen LogP contribution in [0.25, 0.3) is 0 Å². The molecule has 2 aromatic rings. The highest BCUT2D eigenvalue weighted by molar-refractivity contribution is 7.15. The Kier molecular flexibility index (Phi) is 4.57. The molecule has 5 nitrogen and oxygen atoms in total. The van der Waals surface area contributed by atoms with Gasteiger partial charge >= 0.3 is 0 Å². The Labute approximate surface area is 133 Å². The molecule has 112 valence electrons. The van der Waals surface area contributed by atoms with Crippen molar-refractivity contribution in [2.24, 2.45) is 0 Å². The van der Waals surface area contributed by atoms with Crippen molar-refractivity contribution < 1.29 is 4.74 Å². The highest BCUT2D eigenvalue weighted by atomic mass is 35.5. The van der Waals surface area contributed by atoms with E-state index < -0.39 is 0 Å². The summed E-state index contributed by atoms with van der Waals surface area (Å²) in [6, 6.07) is 8.23. The first-order valence-corrected chi connectivity index (χ1v) is 8.03. The molecule has 21 heavy (non-hydrogen) atoms. The number of nitrogens with zero attached hydrogens (tertiary/aromatic N) is 4. The number of benzene rings is 1. The molecule has 1 aliphatic rings. The van der Waals surface area contributed by atoms with Gasteiger partial charge in [0.05, 0.1) is 13.7 Å². The molecular weight excluding hydrogens is 308 g/mol. The van der Waals surface area contributed by atoms with Gasteiger partial charge in [-0.3, -0.25) is 4.90 Å². The molecule has 0 bridgehead atoms. The van der Waals surface area contributed by atoms with Crippen LogP contribution in [0.4, 0.5) is 5.69 Å². The van der Waals surface area contributed by atoms with E-state index in [2.05, 4.69) is 32.1 Å². The van der Waals surface area contributed by atoms with E-state index in [4.69, 9.17) is 16.3 Å². The normalized spacial score (nSPS) is 16.2. The van der Waals surface area contributed by atoms with Gasteiger partial charge in [-0.15, -0.1) is 10.2 Å². The van der Waals surface area contributed by atoms with Crippen LogP contribution in [0.1, 0.15) is 5.01 Å². The highest BCUT2D eigenvalue weighted by Crippen LogP contribution is 2.22. The molecule has 1 fully saturated rings. The van der Waals surface area contributed by atoms with Crippen molar-refractivity contribution >= 4 is 28.6 Å². The number of halogens is 1. The number of ether oxygens (including phenoxy) is 1. The molecule has 7 heteroatoms. The fraction of sp³-hybridized carbons (Fsp3) is 0.429. The first kappa shape index (κ1) is 14.6. The largest absolute Gasteiger partial charge is 0.497 e. The van der Waals surface area contributed by atoms with Crippen molar-refractivity contribution in [3.05, 3.63) is 33.7 Å². The molecule has 1 aromatic heterocycles. The minimum atomic E-state index is 0.516. The summed E-state index contributed by atoms with van der Waals surface area (Å²) in [5.74, 6) is 0.894. The number of rotatable bonds is 4. The van der Waals surface area contributed by atoms with E-state index in [0.29, 0.717) is 4.47 Å². The van der Waals surface area contributed by atoms with Gasteiger partial charge in [0.1, 0.15) is 10.8 Å². The molecule has 0 amide bonds. The van der Waals surface area contributed by atoms with Crippen molar-refractivity contribution in [2.45, 2.75) is 6.54 Å². The zero-order valence-corrected chi connectivity index (χ0v) is 13.4. The van der Waals surface area contributed by atoms with Crippen LogP contribution >= 0.6 is 22.9 Å². The summed E-state index contributed by atoms with van der Waals surface area (Å²) in [5, 5.41) is 8.90. The van der Waals surface area contributed by atoms with Crippen LogP contribution in [0.5, 0.6) is 5.75 Å². The van der Waals surface area contributed by atoms with E-state index >= 15 is 0 Å². The van der Waals surface area contributed by atoms with E-state index in [1.807, 2.05) is 12.1 Å². The number of anilines is 1. The van der Waals surface area contributed by atoms with Gasteiger partial charge in [0.2, 0.25) is 4.47 Å². The molecule has 1 aromatic carbocycles. The second-order valence-corrected chi connectivity index (χ2v) is 6.55. The molecular formula is C14H17ClN4OS. The fourth-order valence-electron chi connectivity index (χ4n) is 2.45. The van der Waals surface area contributed by atoms with E-state index in [0.717, 1.165) is 43.5 Å². The lowest BCUT2D eigenvalue weighted by atomic mass is 10.2. The van der Waals surface area contributed by atoms with Crippen LogP contribution < -0.4 is 9.64 Å². The second kappa shape index (κ2) is 6.60. The Bertz CT molecular complexity index is 581. The van der Waals surface area contributed by atoms with Gasteiger partial charge in [-0.25, -0.2) is 0 Å². The Morgan fingerprint density at radius 2 is 1.86 bits per heavy atom. The Morgan fingerprint density at radius 1 is 1.14 bits per heavy atom. The highest BCUT2D eigenvalue weighted by Gasteiger charge is 2.18. The summed E-state index contributed by atoms with van der Waals surface area (Å²) in [6.07, 6.45) is 0. The lowest BCUT2D eigenvalue weighted by molar-refractivity contribution is 0.249. The average Bonchev–Trinajstić information content (AvgIpc) is 2.93. The Morgan fingerprint density at radius 3 is 2.43 bits per heavy atom. The molecule has 0 spiro atoms. The van der Waals surface area contributed by atoms with Crippen molar-refractivity contribution in [1.82, 2.24) is 15.1 Å². The Hall–Kier alpha value is -1.37. The Balaban J connectivity index is 1.54. The number of methoxy groups -OCH3 is 1. The van der Waals surface area contributed by atoms with Crippen molar-refractivity contribution in [3.63, 3.8) is 0 Å². The summed E-state index contributed by atoms with van der Waals surface area (Å²) in [5.41, 5.74) is 1.24. The topological polar surface area (TPSA) is 41.5 Å². The third kappa shape index (κ3) is 3.64. The SMILES string of the molecule is COc1ccc(N2CCN(Cc3nnc(Cl)s3)CC2)cc1. The van der Waals surface area contributed by atoms with E-state index in [9.17, 15) is 0 Å². The molecule has 0 unspecified atom stereocenters. The summed E-state index contributed by atoms with van der Waals surface area (Å²) in [4.78, 5) is 4.78. The van der Waals surface area contributed by atoms with E-state index in [1.165, 1.54) is 17.0 Å². The monoisotopic (exact) mass is 324 g/mol. The predicted octanol–water partition coefficient (Wildman–Crippen LogP) is 2.52. The first-order valence-electron chi connectivity index (χ1n) is 6.84. The smallest absolute Gasteiger partial charge is 0.207 e. The number of aromatic nitrogens is 2. The molecule has 0 aliphatic carbocycles. The number of hydrogen-bond acceptors (Lipinski definition) is 6. The van der Waals surface area contributed by atoms with Crippen LogP contribution in [-0.2, 0) is 6.54 Å². The first-order chi connectivity index (χ1) is 10.2. The minimum absolute atomic E-state index is 0.516. The second-order valence-electron chi connectivity index (χ2n) is 4.91. The van der Waals surface area contributed by atoms with Crippen molar-refractivity contribution in [3.8, 4) is 5.75 Å². The average molecular weight is 325 g/mol. The molecule has 0 radical (unpaired) electrons. The van der Waals surface area contributed by atoms with Gasteiger partial charge in [-0.05, 0) is 35.9 Å². The lowest BCUT2D eigenvalue weighted by Gasteiger charge is -2.35. The standard InChI is InChI=1S/C14H17ClN4OS/c1-20-12-4-2-11(3-5-12)19-8-6-18(7-9-19)10-13-16-17-14(15)21-13/h2-5H,6-10H2,1H3. The van der Waals surface area contributed by atoms with Crippen LogP contribution in [0.15, 0.2) is 24.3 Å².